The van der Waals surface area contributed by atoms with Crippen molar-refractivity contribution in [1.29, 1.82) is 0 Å². The molecule has 0 aliphatic rings. The number of nitrogen functional groups attached to an aromatic ring is 1. The van der Waals surface area contributed by atoms with Gasteiger partial charge >= 0.3 is 0 Å². The number of hydrogen-bond donors (Lipinski definition) is 1. The summed E-state index contributed by atoms with van der Waals surface area (Å²) in [7, 11) is 0. The van der Waals surface area contributed by atoms with Crippen LogP contribution in [0.5, 0.6) is 0 Å². The Bertz CT molecular complexity index is 473. The normalized spacial score (nSPS) is 12.6. The Morgan fingerprint density at radius 2 is 2.00 bits per heavy atom. The molecule has 2 N–H and O–H groups in total. The average Bonchev–Trinajstić information content (AvgIpc) is 2.70. The van der Waals surface area contributed by atoms with Crippen molar-refractivity contribution in [3.63, 3.8) is 0 Å². The fourth-order valence-corrected chi connectivity index (χ4v) is 1.88. The van der Waals surface area contributed by atoms with Gasteiger partial charge in [-0.25, -0.2) is 0 Å². The van der Waals surface area contributed by atoms with E-state index in [0.29, 0.717) is 5.92 Å². The minimum Gasteiger partial charge on any atom is -0.396 e. The topological polar surface area (TPSA) is 43.8 Å². The van der Waals surface area contributed by atoms with E-state index in [0.717, 1.165) is 24.3 Å². The van der Waals surface area contributed by atoms with Crippen molar-refractivity contribution in [1.82, 2.24) is 9.78 Å². The van der Waals surface area contributed by atoms with E-state index in [9.17, 15) is 0 Å². The summed E-state index contributed by atoms with van der Waals surface area (Å²) < 4.78 is 1.92. The van der Waals surface area contributed by atoms with Crippen LogP contribution in [0.2, 0.25) is 0 Å². The van der Waals surface area contributed by atoms with Crippen molar-refractivity contribution >= 4 is 5.69 Å². The lowest BCUT2D eigenvalue weighted by atomic mass is 10.0. The molecule has 3 heteroatoms. The Kier molecular flexibility index (Phi) is 3.47. The van der Waals surface area contributed by atoms with Gasteiger partial charge in [-0.05, 0) is 12.0 Å². The molecule has 0 amide bonds. The highest BCUT2D eigenvalue weighted by Gasteiger charge is 2.12. The molecule has 0 saturated carbocycles. The maximum atomic E-state index is 5.99. The summed E-state index contributed by atoms with van der Waals surface area (Å²) in [6.45, 7) is 5.09. The van der Waals surface area contributed by atoms with Crippen LogP contribution in [-0.4, -0.2) is 9.78 Å². The van der Waals surface area contributed by atoms with E-state index < -0.39 is 0 Å². The van der Waals surface area contributed by atoms with E-state index >= 15 is 0 Å². The van der Waals surface area contributed by atoms with E-state index in [2.05, 4.69) is 31.1 Å². The molecule has 0 fully saturated rings. The number of aromatic nitrogens is 2. The molecule has 1 atom stereocenters. The van der Waals surface area contributed by atoms with Crippen LogP contribution in [0.4, 0.5) is 5.69 Å². The molecule has 0 bridgehead atoms. The maximum absolute atomic E-state index is 5.99. The van der Waals surface area contributed by atoms with Gasteiger partial charge in [0, 0.05) is 12.1 Å². The van der Waals surface area contributed by atoms with Gasteiger partial charge < -0.3 is 5.73 Å². The van der Waals surface area contributed by atoms with E-state index in [1.165, 1.54) is 5.56 Å². The zero-order valence-electron chi connectivity index (χ0n) is 10.4. The summed E-state index contributed by atoms with van der Waals surface area (Å²) in [4.78, 5) is 0. The Hall–Kier alpha value is -1.77. The third-order valence-electron chi connectivity index (χ3n) is 3.09. The molecule has 0 spiro atoms. The van der Waals surface area contributed by atoms with Gasteiger partial charge in [0.2, 0.25) is 0 Å². The number of hydrogen-bond acceptors (Lipinski definition) is 2. The monoisotopic (exact) mass is 229 g/mol. The predicted molar refractivity (Wildman–Crippen MR) is 70.9 cm³/mol. The van der Waals surface area contributed by atoms with Gasteiger partial charge in [0.1, 0.15) is 0 Å². The first kappa shape index (κ1) is 11.7. The van der Waals surface area contributed by atoms with Gasteiger partial charge in [0.05, 0.1) is 17.9 Å². The molecule has 1 unspecified atom stereocenters. The van der Waals surface area contributed by atoms with Gasteiger partial charge in [-0.3, -0.25) is 4.68 Å². The molecule has 1 aromatic heterocycles. The number of benzene rings is 1. The summed E-state index contributed by atoms with van der Waals surface area (Å²) in [6.07, 6.45) is 2.99. The van der Waals surface area contributed by atoms with Gasteiger partial charge in [-0.1, -0.05) is 44.2 Å². The van der Waals surface area contributed by atoms with Crippen molar-refractivity contribution in [3.05, 3.63) is 47.8 Å². The Morgan fingerprint density at radius 1 is 1.29 bits per heavy atom. The Morgan fingerprint density at radius 3 is 2.65 bits per heavy atom. The van der Waals surface area contributed by atoms with Crippen LogP contribution in [-0.2, 0) is 6.54 Å². The molecule has 2 aromatic rings. The first-order valence-electron chi connectivity index (χ1n) is 6.07. The van der Waals surface area contributed by atoms with Crippen LogP contribution in [0.15, 0.2) is 36.5 Å². The molecule has 0 aliphatic carbocycles. The van der Waals surface area contributed by atoms with Crippen molar-refractivity contribution < 1.29 is 0 Å². The van der Waals surface area contributed by atoms with Crippen molar-refractivity contribution in [2.45, 2.75) is 32.7 Å². The highest BCUT2D eigenvalue weighted by molar-refractivity contribution is 5.42. The minimum absolute atomic E-state index is 0.423. The maximum Gasteiger partial charge on any atom is 0.0881 e. The minimum atomic E-state index is 0.423. The molecule has 3 nitrogen and oxygen atoms in total. The molecule has 0 radical (unpaired) electrons. The lowest BCUT2D eigenvalue weighted by Gasteiger charge is -2.05. The van der Waals surface area contributed by atoms with Crippen LogP contribution in [0, 0.1) is 0 Å². The molecular formula is C14H19N3. The third-order valence-corrected chi connectivity index (χ3v) is 3.09. The zero-order chi connectivity index (χ0) is 12.3. The zero-order valence-corrected chi connectivity index (χ0v) is 10.4. The first-order valence-corrected chi connectivity index (χ1v) is 6.07. The summed E-state index contributed by atoms with van der Waals surface area (Å²) in [5.74, 6) is 0.423. The second kappa shape index (κ2) is 5.04. The summed E-state index contributed by atoms with van der Waals surface area (Å²) in [5, 5.41) is 4.57. The molecular weight excluding hydrogens is 210 g/mol. The Balaban J connectivity index is 2.18. The fourth-order valence-electron chi connectivity index (χ4n) is 1.88. The molecule has 0 aliphatic heterocycles. The Labute approximate surface area is 102 Å². The van der Waals surface area contributed by atoms with Crippen LogP contribution in [0.25, 0.3) is 0 Å². The van der Waals surface area contributed by atoms with Crippen LogP contribution >= 0.6 is 0 Å². The molecule has 1 heterocycles. The van der Waals surface area contributed by atoms with Crippen LogP contribution < -0.4 is 5.73 Å². The fraction of sp³-hybridized carbons (Fsp3) is 0.357. The van der Waals surface area contributed by atoms with Gasteiger partial charge in [-0.2, -0.15) is 5.10 Å². The predicted octanol–water partition coefficient (Wildman–Crippen LogP) is 3.03. The number of nitrogens with two attached hydrogens (primary N) is 1. The highest BCUT2D eigenvalue weighted by atomic mass is 15.3. The van der Waals surface area contributed by atoms with Gasteiger partial charge in [0.15, 0.2) is 0 Å². The van der Waals surface area contributed by atoms with E-state index in [1.807, 2.05) is 29.1 Å². The van der Waals surface area contributed by atoms with E-state index in [4.69, 9.17) is 5.73 Å². The number of nitrogens with zero attached hydrogens (tertiary/aromatic N) is 2. The lowest BCUT2D eigenvalue weighted by Crippen LogP contribution is -2.02. The van der Waals surface area contributed by atoms with Gasteiger partial charge in [0.25, 0.3) is 0 Å². The van der Waals surface area contributed by atoms with Crippen LogP contribution in [0.1, 0.15) is 37.4 Å². The molecule has 17 heavy (non-hydrogen) atoms. The molecule has 0 saturated heterocycles. The number of rotatable bonds is 4. The summed E-state index contributed by atoms with van der Waals surface area (Å²) in [6, 6.07) is 10.3. The number of anilines is 1. The SMILES string of the molecule is CCC(C)c1nn(Cc2ccccc2)cc1N. The van der Waals surface area contributed by atoms with Crippen molar-refractivity contribution in [2.24, 2.45) is 0 Å². The molecule has 2 rings (SSSR count). The van der Waals surface area contributed by atoms with Crippen molar-refractivity contribution in [2.75, 3.05) is 5.73 Å². The largest absolute Gasteiger partial charge is 0.396 e. The lowest BCUT2D eigenvalue weighted by molar-refractivity contribution is 0.634. The molecule has 90 valence electrons. The third kappa shape index (κ3) is 2.67. The average molecular weight is 229 g/mol. The highest BCUT2D eigenvalue weighted by Crippen LogP contribution is 2.22. The summed E-state index contributed by atoms with van der Waals surface area (Å²) >= 11 is 0. The first-order chi connectivity index (χ1) is 8.20. The molecule has 1 aromatic carbocycles. The second-order valence-electron chi connectivity index (χ2n) is 4.46. The van der Waals surface area contributed by atoms with Crippen molar-refractivity contribution in [3.8, 4) is 0 Å². The standard InChI is InChI=1S/C14H19N3/c1-3-11(2)14-13(15)10-17(16-14)9-12-7-5-4-6-8-12/h4-8,10-11H,3,9,15H2,1-2H3. The smallest absolute Gasteiger partial charge is 0.0881 e. The second-order valence-corrected chi connectivity index (χ2v) is 4.46. The van der Waals surface area contributed by atoms with E-state index in [1.54, 1.807) is 0 Å². The van der Waals surface area contributed by atoms with E-state index in [-0.39, 0.29) is 0 Å². The quantitative estimate of drug-likeness (QED) is 0.875. The van der Waals surface area contributed by atoms with Gasteiger partial charge in [-0.15, -0.1) is 0 Å². The van der Waals surface area contributed by atoms with Crippen LogP contribution in [0.3, 0.4) is 0 Å². The summed E-state index contributed by atoms with van der Waals surface area (Å²) in [5.41, 5.74) is 9.05.